The summed E-state index contributed by atoms with van der Waals surface area (Å²) in [5.41, 5.74) is 3.82. The third kappa shape index (κ3) is 2.79. The topological polar surface area (TPSA) is 21.3 Å². The first-order chi connectivity index (χ1) is 9.72. The molecule has 0 fully saturated rings. The van der Waals surface area contributed by atoms with Gasteiger partial charge < -0.3 is 10.1 Å². The minimum atomic E-state index is 0.204. The van der Waals surface area contributed by atoms with Crippen molar-refractivity contribution in [3.63, 3.8) is 0 Å². The molecule has 0 radical (unpaired) electrons. The van der Waals surface area contributed by atoms with Gasteiger partial charge in [0.1, 0.15) is 11.9 Å². The molecule has 0 aromatic heterocycles. The van der Waals surface area contributed by atoms with Crippen LogP contribution in [-0.2, 0) is 6.42 Å². The van der Waals surface area contributed by atoms with Crippen LogP contribution in [0.5, 0.6) is 5.75 Å². The Balaban J connectivity index is 1.67. The number of ether oxygens (including phenoxy) is 1. The highest BCUT2D eigenvalue weighted by molar-refractivity contribution is 5.57. The molecule has 104 valence electrons. The summed E-state index contributed by atoms with van der Waals surface area (Å²) in [6.07, 6.45) is 1.15. The van der Waals surface area contributed by atoms with Gasteiger partial charge in [0.25, 0.3) is 0 Å². The summed E-state index contributed by atoms with van der Waals surface area (Å²) in [7, 11) is 0. The zero-order valence-corrected chi connectivity index (χ0v) is 12.1. The van der Waals surface area contributed by atoms with Crippen LogP contribution in [0.25, 0.3) is 0 Å². The Morgan fingerprint density at radius 2 is 1.85 bits per heavy atom. The summed E-state index contributed by atoms with van der Waals surface area (Å²) in [6.45, 7) is 5.31. The first-order valence-electron chi connectivity index (χ1n) is 7.31. The van der Waals surface area contributed by atoms with Crippen molar-refractivity contribution in [1.82, 2.24) is 0 Å². The second-order valence-electron chi connectivity index (χ2n) is 5.72. The zero-order valence-electron chi connectivity index (χ0n) is 12.1. The molecule has 2 nitrogen and oxygen atoms in total. The number of nitrogens with one attached hydrogen (secondary N) is 1. The number of fused-ring (bicyclic) bond motifs is 1. The maximum absolute atomic E-state index is 6.05. The van der Waals surface area contributed by atoms with E-state index in [0.717, 1.165) is 24.4 Å². The van der Waals surface area contributed by atoms with Gasteiger partial charge in [0.05, 0.1) is 12.2 Å². The molecule has 2 aromatic carbocycles. The van der Waals surface area contributed by atoms with Crippen molar-refractivity contribution in [2.45, 2.75) is 32.3 Å². The van der Waals surface area contributed by atoms with Crippen molar-refractivity contribution in [2.75, 3.05) is 11.9 Å². The lowest BCUT2D eigenvalue weighted by molar-refractivity contribution is 0.206. The van der Waals surface area contributed by atoms with Crippen molar-refractivity contribution in [3.05, 3.63) is 59.7 Å². The number of benzene rings is 2. The molecule has 0 amide bonds. The molecular formula is C18H21NO. The summed E-state index contributed by atoms with van der Waals surface area (Å²) in [6, 6.07) is 17.0. The first kappa shape index (κ1) is 13.0. The first-order valence-corrected chi connectivity index (χ1v) is 7.31. The lowest BCUT2D eigenvalue weighted by Gasteiger charge is -2.27. The van der Waals surface area contributed by atoms with E-state index in [1.54, 1.807) is 0 Å². The van der Waals surface area contributed by atoms with Crippen molar-refractivity contribution in [1.29, 1.82) is 0 Å². The van der Waals surface area contributed by atoms with Gasteiger partial charge in [-0.25, -0.2) is 0 Å². The standard InChI is InChI=1S/C18H21NO/c1-13(2)15-9-7-14(8-10-15)11-16-12-19-17-5-3-4-6-18(17)20-16/h3-10,13,16,19H,11-12H2,1-2H3. The average Bonchev–Trinajstić information content (AvgIpc) is 2.48. The average molecular weight is 267 g/mol. The minimum Gasteiger partial charge on any atom is -0.486 e. The molecule has 1 heterocycles. The van der Waals surface area contributed by atoms with Gasteiger partial charge in [-0.3, -0.25) is 0 Å². The van der Waals surface area contributed by atoms with Gasteiger partial charge in [0.2, 0.25) is 0 Å². The fourth-order valence-corrected chi connectivity index (χ4v) is 2.58. The molecule has 0 bridgehead atoms. The van der Waals surface area contributed by atoms with Crippen LogP contribution in [0.1, 0.15) is 30.9 Å². The highest BCUT2D eigenvalue weighted by Gasteiger charge is 2.18. The predicted octanol–water partition coefficient (Wildman–Crippen LogP) is 4.23. The van der Waals surface area contributed by atoms with E-state index in [4.69, 9.17) is 4.74 Å². The van der Waals surface area contributed by atoms with E-state index < -0.39 is 0 Å². The molecule has 1 aliphatic rings. The SMILES string of the molecule is CC(C)c1ccc(CC2CNc3ccccc3O2)cc1. The van der Waals surface area contributed by atoms with Gasteiger partial charge >= 0.3 is 0 Å². The van der Waals surface area contributed by atoms with Crippen molar-refractivity contribution in [3.8, 4) is 5.75 Å². The van der Waals surface area contributed by atoms with E-state index in [-0.39, 0.29) is 6.10 Å². The van der Waals surface area contributed by atoms with Crippen LogP contribution in [0.3, 0.4) is 0 Å². The molecule has 2 aromatic rings. The summed E-state index contributed by atoms with van der Waals surface area (Å²) in [5, 5.41) is 3.44. The molecule has 1 aliphatic heterocycles. The predicted molar refractivity (Wildman–Crippen MR) is 83.6 cm³/mol. The Morgan fingerprint density at radius 3 is 2.60 bits per heavy atom. The van der Waals surface area contributed by atoms with Gasteiger partial charge in [-0.15, -0.1) is 0 Å². The van der Waals surface area contributed by atoms with E-state index in [9.17, 15) is 0 Å². The lowest BCUT2D eigenvalue weighted by Crippen LogP contribution is -2.32. The van der Waals surface area contributed by atoms with Gasteiger partial charge in [-0.1, -0.05) is 50.2 Å². The molecule has 1 N–H and O–H groups in total. The molecule has 2 heteroatoms. The van der Waals surface area contributed by atoms with Crippen LogP contribution in [0.4, 0.5) is 5.69 Å². The smallest absolute Gasteiger partial charge is 0.142 e. The Labute approximate surface area is 120 Å². The van der Waals surface area contributed by atoms with Crippen molar-refractivity contribution < 1.29 is 4.74 Å². The Bertz CT molecular complexity index is 574. The van der Waals surface area contributed by atoms with E-state index in [1.165, 1.54) is 11.1 Å². The lowest BCUT2D eigenvalue weighted by atomic mass is 9.99. The summed E-state index contributed by atoms with van der Waals surface area (Å²) in [4.78, 5) is 0. The Kier molecular flexibility index (Phi) is 3.64. The fraction of sp³-hybridized carbons (Fsp3) is 0.333. The van der Waals surface area contributed by atoms with E-state index in [1.807, 2.05) is 18.2 Å². The van der Waals surface area contributed by atoms with Crippen LogP contribution in [0, 0.1) is 0 Å². The highest BCUT2D eigenvalue weighted by Crippen LogP contribution is 2.29. The van der Waals surface area contributed by atoms with Gasteiger partial charge in [0, 0.05) is 6.42 Å². The summed E-state index contributed by atoms with van der Waals surface area (Å²) >= 11 is 0. The van der Waals surface area contributed by atoms with E-state index in [2.05, 4.69) is 49.5 Å². The van der Waals surface area contributed by atoms with Crippen LogP contribution < -0.4 is 10.1 Å². The van der Waals surface area contributed by atoms with Crippen LogP contribution in [0.15, 0.2) is 48.5 Å². The van der Waals surface area contributed by atoms with Gasteiger partial charge in [-0.05, 0) is 29.2 Å². The molecule has 0 spiro atoms. The molecule has 0 aliphatic carbocycles. The number of para-hydroxylation sites is 2. The third-order valence-corrected chi connectivity index (χ3v) is 3.81. The Hall–Kier alpha value is -1.96. The van der Waals surface area contributed by atoms with E-state index in [0.29, 0.717) is 5.92 Å². The monoisotopic (exact) mass is 267 g/mol. The van der Waals surface area contributed by atoms with E-state index >= 15 is 0 Å². The molecule has 1 unspecified atom stereocenters. The quantitative estimate of drug-likeness (QED) is 0.898. The zero-order chi connectivity index (χ0) is 13.9. The number of rotatable bonds is 3. The van der Waals surface area contributed by atoms with Crippen molar-refractivity contribution >= 4 is 5.69 Å². The second kappa shape index (κ2) is 5.58. The molecule has 0 saturated carbocycles. The highest BCUT2D eigenvalue weighted by atomic mass is 16.5. The maximum atomic E-state index is 6.05. The van der Waals surface area contributed by atoms with Crippen LogP contribution in [0.2, 0.25) is 0 Å². The maximum Gasteiger partial charge on any atom is 0.142 e. The molecule has 20 heavy (non-hydrogen) atoms. The molecule has 0 saturated heterocycles. The third-order valence-electron chi connectivity index (χ3n) is 3.81. The van der Waals surface area contributed by atoms with Crippen LogP contribution >= 0.6 is 0 Å². The largest absolute Gasteiger partial charge is 0.486 e. The number of hydrogen-bond donors (Lipinski definition) is 1. The summed E-state index contributed by atoms with van der Waals surface area (Å²) in [5.74, 6) is 1.55. The number of anilines is 1. The van der Waals surface area contributed by atoms with Crippen molar-refractivity contribution in [2.24, 2.45) is 0 Å². The van der Waals surface area contributed by atoms with Gasteiger partial charge in [-0.2, -0.15) is 0 Å². The second-order valence-corrected chi connectivity index (χ2v) is 5.72. The molecule has 1 atom stereocenters. The number of hydrogen-bond acceptors (Lipinski definition) is 2. The van der Waals surface area contributed by atoms with Crippen LogP contribution in [-0.4, -0.2) is 12.6 Å². The van der Waals surface area contributed by atoms with Gasteiger partial charge in [0.15, 0.2) is 0 Å². The Morgan fingerprint density at radius 1 is 1.10 bits per heavy atom. The summed E-state index contributed by atoms with van der Waals surface area (Å²) < 4.78 is 6.05. The fourth-order valence-electron chi connectivity index (χ4n) is 2.58. The minimum absolute atomic E-state index is 0.204. The molecular weight excluding hydrogens is 246 g/mol. The normalized spacial score (nSPS) is 17.2. The molecule has 3 rings (SSSR count).